The summed E-state index contributed by atoms with van der Waals surface area (Å²) in [5, 5.41) is 12.2. The minimum absolute atomic E-state index is 0.0128. The topological polar surface area (TPSA) is 135 Å². The summed E-state index contributed by atoms with van der Waals surface area (Å²) in [6, 6.07) is 15.0. The highest BCUT2D eigenvalue weighted by Gasteiger charge is 2.44. The maximum atomic E-state index is 13.8. The van der Waals surface area contributed by atoms with Crippen LogP contribution in [0, 0.1) is 5.82 Å². The summed E-state index contributed by atoms with van der Waals surface area (Å²) >= 11 is 0. The number of methoxy groups -OCH3 is 1. The van der Waals surface area contributed by atoms with Crippen LogP contribution < -0.4 is 19.5 Å². The summed E-state index contributed by atoms with van der Waals surface area (Å²) in [7, 11) is 1.46. The lowest BCUT2D eigenvalue weighted by molar-refractivity contribution is -0.138. The number of hydrogen-bond acceptors (Lipinski definition) is 7. The maximum Gasteiger partial charge on any atom is 0.305 e. The van der Waals surface area contributed by atoms with Gasteiger partial charge in [-0.1, -0.05) is 18.2 Å². The SMILES string of the molecule is COc1cccc(C(=O)N2CCN(C(=O)c3ccc4c(c3)OCO4)C2C(=O)NC(CC(=O)O)c2ccc(F)cc2)c1. The number of carbonyl (C=O) groups is 4. The molecular weight excluding hydrogens is 537 g/mol. The van der Waals surface area contributed by atoms with Crippen molar-refractivity contribution < 1.29 is 42.9 Å². The number of rotatable bonds is 8. The second-order valence-corrected chi connectivity index (χ2v) is 9.38. The molecule has 2 N–H and O–H groups in total. The van der Waals surface area contributed by atoms with Crippen LogP contribution in [0.3, 0.4) is 0 Å². The van der Waals surface area contributed by atoms with Crippen LogP contribution in [0.25, 0.3) is 0 Å². The van der Waals surface area contributed by atoms with E-state index >= 15 is 0 Å². The molecule has 0 aliphatic carbocycles. The van der Waals surface area contributed by atoms with Crippen molar-refractivity contribution in [3.05, 3.63) is 89.2 Å². The summed E-state index contributed by atoms with van der Waals surface area (Å²) in [4.78, 5) is 55.3. The Morgan fingerprint density at radius 2 is 1.61 bits per heavy atom. The van der Waals surface area contributed by atoms with Gasteiger partial charge in [-0.05, 0) is 54.1 Å². The summed E-state index contributed by atoms with van der Waals surface area (Å²) in [6.45, 7) is 0.0741. The highest BCUT2D eigenvalue weighted by Crippen LogP contribution is 2.33. The van der Waals surface area contributed by atoms with Crippen LogP contribution in [-0.4, -0.2) is 71.8 Å². The number of halogens is 1. The van der Waals surface area contributed by atoms with Gasteiger partial charge in [-0.2, -0.15) is 0 Å². The van der Waals surface area contributed by atoms with Crippen molar-refractivity contribution in [2.24, 2.45) is 0 Å². The molecule has 11 nitrogen and oxygen atoms in total. The summed E-state index contributed by atoms with van der Waals surface area (Å²) < 4.78 is 29.5. The molecule has 1 fully saturated rings. The molecular formula is C29H26FN3O8. The molecule has 0 spiro atoms. The Labute approximate surface area is 234 Å². The standard InChI is InChI=1S/C29H26FN3O8/c1-39-21-4-2-3-18(13-21)28(37)32-11-12-33(29(38)19-7-10-23-24(14-19)41-16-40-23)27(32)26(36)31-22(15-25(34)35)17-5-8-20(30)9-6-17/h2-10,13-14,22,27H,11-12,15-16H2,1H3,(H,31,36)(H,34,35). The van der Waals surface area contributed by atoms with Gasteiger partial charge in [0.2, 0.25) is 6.79 Å². The van der Waals surface area contributed by atoms with Crippen LogP contribution in [0.4, 0.5) is 4.39 Å². The van der Waals surface area contributed by atoms with E-state index in [1.165, 1.54) is 47.2 Å². The van der Waals surface area contributed by atoms with E-state index in [0.717, 1.165) is 12.1 Å². The van der Waals surface area contributed by atoms with Gasteiger partial charge in [-0.25, -0.2) is 4.39 Å². The lowest BCUT2D eigenvalue weighted by Gasteiger charge is -2.31. The molecule has 2 unspecified atom stereocenters. The third-order valence-electron chi connectivity index (χ3n) is 6.83. The normalized spacial score (nSPS) is 16.3. The molecule has 0 saturated carbocycles. The van der Waals surface area contributed by atoms with Crippen LogP contribution in [-0.2, 0) is 9.59 Å². The van der Waals surface area contributed by atoms with Gasteiger partial charge in [-0.15, -0.1) is 0 Å². The molecule has 5 rings (SSSR count). The van der Waals surface area contributed by atoms with E-state index in [2.05, 4.69) is 5.32 Å². The molecule has 12 heteroatoms. The first-order valence-electron chi connectivity index (χ1n) is 12.7. The molecule has 0 bridgehead atoms. The minimum atomic E-state index is -1.41. The van der Waals surface area contributed by atoms with Crippen LogP contribution >= 0.6 is 0 Å². The fraction of sp³-hybridized carbons (Fsp3) is 0.241. The Morgan fingerprint density at radius 1 is 0.951 bits per heavy atom. The van der Waals surface area contributed by atoms with Gasteiger partial charge >= 0.3 is 5.97 Å². The van der Waals surface area contributed by atoms with Gasteiger partial charge in [0.15, 0.2) is 17.7 Å². The lowest BCUT2D eigenvalue weighted by atomic mass is 10.0. The van der Waals surface area contributed by atoms with Crippen LogP contribution in [0.5, 0.6) is 17.2 Å². The van der Waals surface area contributed by atoms with Crippen molar-refractivity contribution in [1.82, 2.24) is 15.1 Å². The molecule has 2 aliphatic heterocycles. The predicted octanol–water partition coefficient (Wildman–Crippen LogP) is 2.82. The number of hydrogen-bond donors (Lipinski definition) is 2. The van der Waals surface area contributed by atoms with Gasteiger partial charge < -0.3 is 34.4 Å². The largest absolute Gasteiger partial charge is 0.497 e. The first-order chi connectivity index (χ1) is 19.7. The number of fused-ring (bicyclic) bond motifs is 1. The van der Waals surface area contributed by atoms with Crippen molar-refractivity contribution in [3.8, 4) is 17.2 Å². The quantitative estimate of drug-likeness (QED) is 0.427. The third kappa shape index (κ3) is 5.76. The van der Waals surface area contributed by atoms with Crippen LogP contribution in [0.15, 0.2) is 66.7 Å². The Balaban J connectivity index is 1.48. The molecule has 0 aromatic heterocycles. The van der Waals surface area contributed by atoms with Crippen molar-refractivity contribution in [3.63, 3.8) is 0 Å². The van der Waals surface area contributed by atoms with Crippen molar-refractivity contribution in [1.29, 1.82) is 0 Å². The number of carbonyl (C=O) groups excluding carboxylic acids is 3. The smallest absolute Gasteiger partial charge is 0.305 e. The van der Waals surface area contributed by atoms with Gasteiger partial charge in [0.1, 0.15) is 11.6 Å². The number of aliphatic carboxylic acids is 1. The second kappa shape index (κ2) is 11.5. The zero-order valence-electron chi connectivity index (χ0n) is 21.9. The molecule has 212 valence electrons. The van der Waals surface area contributed by atoms with E-state index in [1.807, 2.05) is 0 Å². The van der Waals surface area contributed by atoms with Crippen molar-refractivity contribution in [2.45, 2.75) is 18.6 Å². The van der Waals surface area contributed by atoms with E-state index in [9.17, 15) is 28.7 Å². The fourth-order valence-electron chi connectivity index (χ4n) is 4.82. The fourth-order valence-corrected chi connectivity index (χ4v) is 4.82. The molecule has 1 saturated heterocycles. The number of carboxylic acids is 1. The summed E-state index contributed by atoms with van der Waals surface area (Å²) in [5.41, 5.74) is 0.794. The van der Waals surface area contributed by atoms with E-state index in [1.54, 1.807) is 24.3 Å². The number of benzene rings is 3. The van der Waals surface area contributed by atoms with Gasteiger partial charge in [0, 0.05) is 24.2 Å². The van der Waals surface area contributed by atoms with E-state index in [0.29, 0.717) is 22.8 Å². The van der Waals surface area contributed by atoms with Crippen LogP contribution in [0.2, 0.25) is 0 Å². The molecule has 2 aliphatic rings. The zero-order chi connectivity index (χ0) is 29.1. The Bertz CT molecular complexity index is 1500. The average Bonchev–Trinajstić information content (AvgIpc) is 3.63. The molecule has 0 radical (unpaired) electrons. The highest BCUT2D eigenvalue weighted by atomic mass is 19.1. The van der Waals surface area contributed by atoms with Gasteiger partial charge in [-0.3, -0.25) is 19.2 Å². The molecule has 2 heterocycles. The number of ether oxygens (including phenoxy) is 3. The number of amides is 3. The number of nitrogens with zero attached hydrogens (tertiary/aromatic N) is 2. The third-order valence-corrected chi connectivity index (χ3v) is 6.83. The van der Waals surface area contributed by atoms with Gasteiger partial charge in [0.05, 0.1) is 19.6 Å². The van der Waals surface area contributed by atoms with Gasteiger partial charge in [0.25, 0.3) is 17.7 Å². The zero-order valence-corrected chi connectivity index (χ0v) is 21.9. The molecule has 3 amide bonds. The number of carboxylic acid groups (broad SMARTS) is 1. The highest BCUT2D eigenvalue weighted by molar-refractivity contribution is 6.02. The first kappa shape index (κ1) is 27.4. The molecule has 3 aromatic carbocycles. The Kier molecular flexibility index (Phi) is 7.72. The monoisotopic (exact) mass is 563 g/mol. The Morgan fingerprint density at radius 3 is 2.27 bits per heavy atom. The molecule has 2 atom stereocenters. The van der Waals surface area contributed by atoms with Crippen molar-refractivity contribution in [2.75, 3.05) is 27.0 Å². The van der Waals surface area contributed by atoms with Crippen molar-refractivity contribution >= 4 is 23.7 Å². The maximum absolute atomic E-state index is 13.8. The molecule has 41 heavy (non-hydrogen) atoms. The predicted molar refractivity (Wildman–Crippen MR) is 141 cm³/mol. The first-order valence-corrected chi connectivity index (χ1v) is 12.7. The minimum Gasteiger partial charge on any atom is -0.497 e. The van der Waals surface area contributed by atoms with E-state index in [4.69, 9.17) is 14.2 Å². The molecule has 3 aromatic rings. The average molecular weight is 564 g/mol. The van der Waals surface area contributed by atoms with E-state index in [-0.39, 0.29) is 31.0 Å². The summed E-state index contributed by atoms with van der Waals surface area (Å²) in [6.07, 6.45) is -1.92. The second-order valence-electron chi connectivity index (χ2n) is 9.38. The number of nitrogens with one attached hydrogen (secondary N) is 1. The Hall–Kier alpha value is -5.13. The van der Waals surface area contributed by atoms with Crippen LogP contribution in [0.1, 0.15) is 38.7 Å². The summed E-state index contributed by atoms with van der Waals surface area (Å²) in [5.74, 6) is -2.29. The lowest BCUT2D eigenvalue weighted by Crippen LogP contribution is -2.54. The van der Waals surface area contributed by atoms with E-state index < -0.39 is 48.1 Å².